The predicted octanol–water partition coefficient (Wildman–Crippen LogP) is 1.95. The Kier molecular flexibility index (Phi) is 4.48. The third-order valence-electron chi connectivity index (χ3n) is 4.30. The monoisotopic (exact) mass is 363 g/mol. The minimum atomic E-state index is -0.0561. The van der Waals surface area contributed by atoms with E-state index in [1.165, 1.54) is 0 Å². The molecule has 2 N–H and O–H groups in total. The maximum atomic E-state index is 13.0. The van der Waals surface area contributed by atoms with Crippen LogP contribution >= 0.6 is 0 Å². The number of nitrogens with one attached hydrogen (secondary N) is 1. The standard InChI is InChI=1S/C18H17N7O2/c26-18(9-6-13-4-2-1-3-5-13)24(12-17-20-22-23-21-17)15-7-8-16-14(10-15)11-19-25(16)27/h1-5,7-8,10-11,27H,6,9,12H2,(H,20,21,22,23). The summed E-state index contributed by atoms with van der Waals surface area (Å²) >= 11 is 0. The Morgan fingerprint density at radius 1 is 1.19 bits per heavy atom. The van der Waals surface area contributed by atoms with Crippen LogP contribution in [0.5, 0.6) is 0 Å². The van der Waals surface area contributed by atoms with E-state index in [2.05, 4.69) is 25.7 Å². The van der Waals surface area contributed by atoms with Crippen LogP contribution in [0.2, 0.25) is 0 Å². The van der Waals surface area contributed by atoms with Gasteiger partial charge in [-0.1, -0.05) is 35.5 Å². The zero-order chi connectivity index (χ0) is 18.6. The number of hydrogen-bond acceptors (Lipinski definition) is 6. The van der Waals surface area contributed by atoms with E-state index in [-0.39, 0.29) is 12.5 Å². The fraction of sp³-hybridized carbons (Fsp3) is 0.167. The Morgan fingerprint density at radius 2 is 2.04 bits per heavy atom. The summed E-state index contributed by atoms with van der Waals surface area (Å²) in [7, 11) is 0. The summed E-state index contributed by atoms with van der Waals surface area (Å²) in [5.41, 5.74) is 2.34. The van der Waals surface area contributed by atoms with Crippen LogP contribution in [0.4, 0.5) is 5.69 Å². The van der Waals surface area contributed by atoms with E-state index in [1.54, 1.807) is 29.3 Å². The Labute approximate surface area is 154 Å². The van der Waals surface area contributed by atoms with Gasteiger partial charge >= 0.3 is 0 Å². The molecule has 0 bridgehead atoms. The van der Waals surface area contributed by atoms with E-state index in [0.29, 0.717) is 29.9 Å². The summed E-state index contributed by atoms with van der Waals surface area (Å²) in [6.45, 7) is 0.197. The van der Waals surface area contributed by atoms with Crippen LogP contribution in [0.15, 0.2) is 54.7 Å². The van der Waals surface area contributed by atoms with Crippen molar-refractivity contribution < 1.29 is 10.0 Å². The zero-order valence-corrected chi connectivity index (χ0v) is 14.4. The van der Waals surface area contributed by atoms with E-state index in [0.717, 1.165) is 15.8 Å². The first-order valence-corrected chi connectivity index (χ1v) is 8.44. The summed E-state index contributed by atoms with van der Waals surface area (Å²) in [5.74, 6) is 0.361. The molecule has 136 valence electrons. The average Bonchev–Trinajstić information content (AvgIpc) is 3.35. The number of anilines is 1. The smallest absolute Gasteiger partial charge is 0.227 e. The average molecular weight is 363 g/mol. The Bertz CT molecular complexity index is 1040. The van der Waals surface area contributed by atoms with Crippen LogP contribution < -0.4 is 4.90 Å². The van der Waals surface area contributed by atoms with Gasteiger partial charge in [-0.25, -0.2) is 0 Å². The van der Waals surface area contributed by atoms with Gasteiger partial charge in [0.2, 0.25) is 5.91 Å². The lowest BCUT2D eigenvalue weighted by atomic mass is 10.1. The topological polar surface area (TPSA) is 113 Å². The van der Waals surface area contributed by atoms with E-state index in [9.17, 15) is 10.0 Å². The molecular weight excluding hydrogens is 346 g/mol. The fourth-order valence-electron chi connectivity index (χ4n) is 2.92. The number of nitrogens with zero attached hydrogens (tertiary/aromatic N) is 6. The van der Waals surface area contributed by atoms with Crippen LogP contribution in [-0.4, -0.2) is 41.7 Å². The lowest BCUT2D eigenvalue weighted by Gasteiger charge is -2.21. The van der Waals surface area contributed by atoms with Crippen molar-refractivity contribution in [2.45, 2.75) is 19.4 Å². The molecule has 0 atom stereocenters. The first-order valence-electron chi connectivity index (χ1n) is 8.44. The second-order valence-corrected chi connectivity index (χ2v) is 6.07. The van der Waals surface area contributed by atoms with Crippen LogP contribution in [-0.2, 0) is 17.8 Å². The van der Waals surface area contributed by atoms with Crippen molar-refractivity contribution in [3.8, 4) is 0 Å². The van der Waals surface area contributed by atoms with Crippen molar-refractivity contribution in [1.29, 1.82) is 0 Å². The van der Waals surface area contributed by atoms with Gasteiger partial charge in [-0.3, -0.25) is 4.79 Å². The Morgan fingerprint density at radius 3 is 2.81 bits per heavy atom. The molecule has 0 aliphatic rings. The quantitative estimate of drug-likeness (QED) is 0.506. The highest BCUT2D eigenvalue weighted by molar-refractivity contribution is 5.95. The van der Waals surface area contributed by atoms with Crippen LogP contribution in [0.3, 0.4) is 0 Å². The van der Waals surface area contributed by atoms with Gasteiger partial charge in [0.05, 0.1) is 12.7 Å². The number of carbonyl (C=O) groups is 1. The molecule has 0 radical (unpaired) electrons. The summed E-state index contributed by atoms with van der Waals surface area (Å²) < 4.78 is 0. The van der Waals surface area contributed by atoms with Gasteiger partial charge in [0.15, 0.2) is 5.82 Å². The first kappa shape index (κ1) is 16.7. The van der Waals surface area contributed by atoms with Gasteiger partial charge in [-0.2, -0.15) is 5.21 Å². The van der Waals surface area contributed by atoms with Crippen LogP contribution in [0, 0.1) is 0 Å². The number of aryl methyl sites for hydroxylation is 1. The Balaban J connectivity index is 1.60. The van der Waals surface area contributed by atoms with Crippen molar-refractivity contribution in [3.05, 3.63) is 66.1 Å². The number of carbonyl (C=O) groups excluding carboxylic acids is 1. The van der Waals surface area contributed by atoms with Gasteiger partial charge < -0.3 is 10.1 Å². The lowest BCUT2D eigenvalue weighted by Crippen LogP contribution is -2.31. The third kappa shape index (κ3) is 3.61. The number of H-pyrrole nitrogens is 1. The van der Waals surface area contributed by atoms with Crippen LogP contribution in [0.1, 0.15) is 17.8 Å². The third-order valence-corrected chi connectivity index (χ3v) is 4.30. The summed E-state index contributed by atoms with van der Waals surface area (Å²) in [6.07, 6.45) is 2.53. The molecule has 0 saturated carbocycles. The SMILES string of the molecule is O=C(CCc1ccccc1)N(Cc1nn[nH]n1)c1ccc2c(cnn2O)c1. The number of fused-ring (bicyclic) bond motifs is 1. The maximum absolute atomic E-state index is 13.0. The van der Waals surface area contributed by atoms with Crippen molar-refractivity contribution in [2.75, 3.05) is 4.90 Å². The number of hydrogen-bond donors (Lipinski definition) is 2. The molecule has 0 spiro atoms. The molecular formula is C18H17N7O2. The molecule has 0 aliphatic heterocycles. The van der Waals surface area contributed by atoms with Crippen molar-refractivity contribution in [2.24, 2.45) is 0 Å². The first-order chi connectivity index (χ1) is 13.2. The molecule has 2 heterocycles. The van der Waals surface area contributed by atoms with Crippen LogP contribution in [0.25, 0.3) is 10.9 Å². The molecule has 9 heteroatoms. The van der Waals surface area contributed by atoms with Gasteiger partial charge in [0.1, 0.15) is 5.52 Å². The molecule has 9 nitrogen and oxygen atoms in total. The minimum absolute atomic E-state index is 0.0561. The predicted molar refractivity (Wildman–Crippen MR) is 97.0 cm³/mol. The maximum Gasteiger partial charge on any atom is 0.227 e. The van der Waals surface area contributed by atoms with Crippen molar-refractivity contribution >= 4 is 22.5 Å². The van der Waals surface area contributed by atoms with E-state index in [4.69, 9.17) is 0 Å². The second-order valence-electron chi connectivity index (χ2n) is 6.07. The number of aromatic nitrogens is 6. The number of tetrazole rings is 1. The number of rotatable bonds is 6. The molecule has 2 aromatic heterocycles. The summed E-state index contributed by atoms with van der Waals surface area (Å²) in [6, 6.07) is 15.1. The minimum Gasteiger partial charge on any atom is -0.411 e. The van der Waals surface area contributed by atoms with E-state index in [1.807, 2.05) is 30.3 Å². The molecule has 4 rings (SSSR count). The van der Waals surface area contributed by atoms with Crippen molar-refractivity contribution in [3.63, 3.8) is 0 Å². The number of amides is 1. The molecule has 4 aromatic rings. The fourth-order valence-corrected chi connectivity index (χ4v) is 2.92. The Hall–Kier alpha value is -3.75. The normalized spacial score (nSPS) is 11.0. The molecule has 0 unspecified atom stereocenters. The van der Waals surface area contributed by atoms with Gasteiger partial charge in [0.25, 0.3) is 0 Å². The number of benzene rings is 2. The largest absolute Gasteiger partial charge is 0.411 e. The molecule has 0 aliphatic carbocycles. The highest BCUT2D eigenvalue weighted by atomic mass is 16.5. The van der Waals surface area contributed by atoms with E-state index >= 15 is 0 Å². The molecule has 1 amide bonds. The molecule has 0 fully saturated rings. The summed E-state index contributed by atoms with van der Waals surface area (Å²) in [4.78, 5) is 15.4. The van der Waals surface area contributed by atoms with Gasteiger partial charge in [-0.05, 0) is 30.2 Å². The molecule has 2 aromatic carbocycles. The molecule has 0 saturated heterocycles. The second kappa shape index (κ2) is 7.24. The van der Waals surface area contributed by atoms with Gasteiger partial charge in [0, 0.05) is 17.5 Å². The van der Waals surface area contributed by atoms with Crippen molar-refractivity contribution in [1.82, 2.24) is 30.6 Å². The van der Waals surface area contributed by atoms with E-state index < -0.39 is 0 Å². The zero-order valence-electron chi connectivity index (χ0n) is 14.4. The highest BCUT2D eigenvalue weighted by Gasteiger charge is 2.19. The lowest BCUT2D eigenvalue weighted by molar-refractivity contribution is -0.118. The van der Waals surface area contributed by atoms with Gasteiger partial charge in [-0.15, -0.1) is 20.1 Å². The summed E-state index contributed by atoms with van der Waals surface area (Å²) in [5, 5.41) is 28.1. The molecule has 27 heavy (non-hydrogen) atoms. The highest BCUT2D eigenvalue weighted by Crippen LogP contribution is 2.23. The number of aromatic amines is 1.